The predicted octanol–water partition coefficient (Wildman–Crippen LogP) is 6.21. The number of benzene rings is 3. The minimum absolute atomic E-state index is 0.149. The largest absolute Gasteiger partial charge is 0.487 e. The standard InChI is InChI=1S/C24H18Cl2FN3O2/c25-20-8-4-9-22(27)19(20)14-30-13-18(12-28-30)29-24(31)17-6-3-5-16(11-17)15-32-23-10-2-1-7-21(23)26/h1-13H,14-15H2,(H,29,31). The van der Waals surface area contributed by atoms with E-state index in [1.807, 2.05) is 18.2 Å². The molecule has 1 N–H and O–H groups in total. The zero-order valence-electron chi connectivity index (χ0n) is 16.8. The van der Waals surface area contributed by atoms with Gasteiger partial charge in [0.15, 0.2) is 0 Å². The van der Waals surface area contributed by atoms with Gasteiger partial charge in [0.2, 0.25) is 0 Å². The molecule has 0 fully saturated rings. The van der Waals surface area contributed by atoms with Crippen LogP contribution < -0.4 is 10.1 Å². The molecule has 162 valence electrons. The molecule has 0 atom stereocenters. The van der Waals surface area contributed by atoms with Crippen LogP contribution in [0.15, 0.2) is 79.1 Å². The Labute approximate surface area is 194 Å². The molecule has 1 aromatic heterocycles. The lowest BCUT2D eigenvalue weighted by Gasteiger charge is -2.09. The molecular weight excluding hydrogens is 452 g/mol. The fourth-order valence-corrected chi connectivity index (χ4v) is 3.50. The second kappa shape index (κ2) is 9.85. The molecule has 0 radical (unpaired) electrons. The van der Waals surface area contributed by atoms with E-state index < -0.39 is 5.82 Å². The van der Waals surface area contributed by atoms with Crippen LogP contribution in [0.4, 0.5) is 10.1 Å². The average molecular weight is 470 g/mol. The lowest BCUT2D eigenvalue weighted by molar-refractivity contribution is 0.102. The van der Waals surface area contributed by atoms with Gasteiger partial charge < -0.3 is 10.1 Å². The smallest absolute Gasteiger partial charge is 0.255 e. The molecule has 0 saturated carbocycles. The topological polar surface area (TPSA) is 56.2 Å². The van der Waals surface area contributed by atoms with E-state index in [-0.39, 0.29) is 19.1 Å². The summed E-state index contributed by atoms with van der Waals surface area (Å²) in [5.74, 6) is -0.131. The van der Waals surface area contributed by atoms with Crippen molar-refractivity contribution in [3.63, 3.8) is 0 Å². The Bertz CT molecular complexity index is 1240. The molecule has 0 spiro atoms. The number of anilines is 1. The summed E-state index contributed by atoms with van der Waals surface area (Å²) in [6.45, 7) is 0.419. The number of halogens is 3. The van der Waals surface area contributed by atoms with Crippen molar-refractivity contribution in [3.05, 3.63) is 112 Å². The first kappa shape index (κ1) is 21.9. The number of aromatic nitrogens is 2. The Balaban J connectivity index is 1.40. The number of carbonyl (C=O) groups is 1. The highest BCUT2D eigenvalue weighted by Crippen LogP contribution is 2.24. The highest BCUT2D eigenvalue weighted by molar-refractivity contribution is 6.32. The van der Waals surface area contributed by atoms with E-state index >= 15 is 0 Å². The quantitative estimate of drug-likeness (QED) is 0.350. The van der Waals surface area contributed by atoms with Crippen molar-refractivity contribution in [2.24, 2.45) is 0 Å². The van der Waals surface area contributed by atoms with Crippen LogP contribution in [-0.4, -0.2) is 15.7 Å². The summed E-state index contributed by atoms with van der Waals surface area (Å²) in [4.78, 5) is 12.7. The maximum atomic E-state index is 14.0. The first-order valence-electron chi connectivity index (χ1n) is 9.72. The number of nitrogens with zero attached hydrogens (tertiary/aromatic N) is 2. The molecule has 4 rings (SSSR count). The fraction of sp³-hybridized carbons (Fsp3) is 0.0833. The number of para-hydroxylation sites is 1. The molecule has 32 heavy (non-hydrogen) atoms. The minimum Gasteiger partial charge on any atom is -0.487 e. The van der Waals surface area contributed by atoms with Gasteiger partial charge in [-0.15, -0.1) is 0 Å². The molecule has 0 aliphatic rings. The van der Waals surface area contributed by atoms with Gasteiger partial charge in [0.1, 0.15) is 18.2 Å². The van der Waals surface area contributed by atoms with Gasteiger partial charge in [0.25, 0.3) is 5.91 Å². The molecular formula is C24H18Cl2FN3O2. The Morgan fingerprint density at radius 3 is 2.62 bits per heavy atom. The summed E-state index contributed by atoms with van der Waals surface area (Å²) < 4.78 is 21.2. The van der Waals surface area contributed by atoms with Crippen LogP contribution >= 0.6 is 23.2 Å². The summed E-state index contributed by atoms with van der Waals surface area (Å²) in [5.41, 5.74) is 2.11. The van der Waals surface area contributed by atoms with Gasteiger partial charge in [-0.1, -0.05) is 53.5 Å². The SMILES string of the molecule is O=C(Nc1cnn(Cc2c(F)cccc2Cl)c1)c1cccc(COc2ccccc2Cl)c1. The number of ether oxygens (including phenoxy) is 1. The first-order valence-corrected chi connectivity index (χ1v) is 10.5. The van der Waals surface area contributed by atoms with E-state index in [9.17, 15) is 9.18 Å². The summed E-state index contributed by atoms with van der Waals surface area (Å²) >= 11 is 12.2. The third kappa shape index (κ3) is 5.28. The van der Waals surface area contributed by atoms with Crippen LogP contribution in [0, 0.1) is 5.82 Å². The first-order chi connectivity index (χ1) is 15.5. The molecule has 4 aromatic rings. The van der Waals surface area contributed by atoms with Crippen LogP contribution in [0.3, 0.4) is 0 Å². The van der Waals surface area contributed by atoms with Crippen molar-refractivity contribution in [1.82, 2.24) is 9.78 Å². The van der Waals surface area contributed by atoms with Gasteiger partial charge in [-0.25, -0.2) is 4.39 Å². The Morgan fingerprint density at radius 1 is 1.03 bits per heavy atom. The normalized spacial score (nSPS) is 10.7. The summed E-state index contributed by atoms with van der Waals surface area (Å²) in [6, 6.07) is 18.8. The van der Waals surface area contributed by atoms with E-state index in [0.29, 0.717) is 32.6 Å². The van der Waals surface area contributed by atoms with Crippen LogP contribution in [0.1, 0.15) is 21.5 Å². The van der Waals surface area contributed by atoms with E-state index in [2.05, 4.69) is 10.4 Å². The van der Waals surface area contributed by atoms with Gasteiger partial charge >= 0.3 is 0 Å². The third-order valence-electron chi connectivity index (χ3n) is 4.69. The second-order valence-corrected chi connectivity index (χ2v) is 7.81. The summed E-state index contributed by atoms with van der Waals surface area (Å²) in [5, 5.41) is 7.81. The highest BCUT2D eigenvalue weighted by atomic mass is 35.5. The lowest BCUT2D eigenvalue weighted by Crippen LogP contribution is -2.12. The molecule has 0 bridgehead atoms. The lowest BCUT2D eigenvalue weighted by atomic mass is 10.1. The van der Waals surface area contributed by atoms with Crippen molar-refractivity contribution in [2.75, 3.05) is 5.32 Å². The van der Waals surface area contributed by atoms with Crippen molar-refractivity contribution in [1.29, 1.82) is 0 Å². The van der Waals surface area contributed by atoms with Crippen LogP contribution in [0.25, 0.3) is 0 Å². The maximum absolute atomic E-state index is 14.0. The fourth-order valence-electron chi connectivity index (χ4n) is 3.09. The van der Waals surface area contributed by atoms with Crippen molar-refractivity contribution >= 4 is 34.8 Å². The van der Waals surface area contributed by atoms with E-state index in [4.69, 9.17) is 27.9 Å². The molecule has 0 aliphatic heterocycles. The zero-order valence-corrected chi connectivity index (χ0v) is 18.3. The van der Waals surface area contributed by atoms with Crippen LogP contribution in [-0.2, 0) is 13.2 Å². The monoisotopic (exact) mass is 469 g/mol. The van der Waals surface area contributed by atoms with Gasteiger partial charge in [-0.05, 0) is 42.0 Å². The predicted molar refractivity (Wildman–Crippen MR) is 123 cm³/mol. The Hall–Kier alpha value is -3.35. The molecule has 0 aliphatic carbocycles. The zero-order chi connectivity index (χ0) is 22.5. The number of amides is 1. The molecule has 3 aromatic carbocycles. The molecule has 1 amide bonds. The molecule has 0 saturated heterocycles. The van der Waals surface area contributed by atoms with Crippen molar-refractivity contribution < 1.29 is 13.9 Å². The highest BCUT2D eigenvalue weighted by Gasteiger charge is 2.11. The molecule has 5 nitrogen and oxygen atoms in total. The molecule has 0 unspecified atom stereocenters. The number of hydrogen-bond acceptors (Lipinski definition) is 3. The third-order valence-corrected chi connectivity index (χ3v) is 5.36. The van der Waals surface area contributed by atoms with E-state index in [1.165, 1.54) is 16.9 Å². The Kier molecular flexibility index (Phi) is 6.73. The second-order valence-electron chi connectivity index (χ2n) is 7.00. The van der Waals surface area contributed by atoms with Gasteiger partial charge in [-0.3, -0.25) is 9.48 Å². The Morgan fingerprint density at radius 2 is 1.81 bits per heavy atom. The van der Waals surface area contributed by atoms with Crippen molar-refractivity contribution in [2.45, 2.75) is 13.2 Å². The minimum atomic E-state index is -0.408. The molecule has 8 heteroatoms. The number of rotatable bonds is 7. The number of nitrogens with one attached hydrogen (secondary N) is 1. The summed E-state index contributed by atoms with van der Waals surface area (Å²) in [7, 11) is 0. The van der Waals surface area contributed by atoms with Gasteiger partial charge in [0.05, 0.1) is 23.5 Å². The molecule has 1 heterocycles. The van der Waals surface area contributed by atoms with Gasteiger partial charge in [-0.2, -0.15) is 5.10 Å². The maximum Gasteiger partial charge on any atom is 0.255 e. The van der Waals surface area contributed by atoms with E-state index in [1.54, 1.807) is 48.7 Å². The van der Waals surface area contributed by atoms with Crippen LogP contribution in [0.5, 0.6) is 5.75 Å². The average Bonchev–Trinajstić information content (AvgIpc) is 3.23. The van der Waals surface area contributed by atoms with Gasteiger partial charge in [0, 0.05) is 22.3 Å². The van der Waals surface area contributed by atoms with Crippen LogP contribution in [0.2, 0.25) is 10.0 Å². The van der Waals surface area contributed by atoms with Crippen molar-refractivity contribution in [3.8, 4) is 5.75 Å². The summed E-state index contributed by atoms with van der Waals surface area (Å²) in [6.07, 6.45) is 3.11. The van der Waals surface area contributed by atoms with E-state index in [0.717, 1.165) is 5.56 Å². The number of carbonyl (C=O) groups excluding carboxylic acids is 1. The number of hydrogen-bond donors (Lipinski definition) is 1.